The number of aliphatic carboxylic acids is 1. The Labute approximate surface area is 127 Å². The summed E-state index contributed by atoms with van der Waals surface area (Å²) in [5, 5.41) is 20.9. The maximum absolute atomic E-state index is 12.2. The average molecular weight is 297 g/mol. The SMILES string of the molecule is N#CCCC[C@@H](NC(=O)c1cnc2ccccc2c1)C(=O)O. The average Bonchev–Trinajstić information content (AvgIpc) is 2.53. The fourth-order valence-corrected chi connectivity index (χ4v) is 2.08. The van der Waals surface area contributed by atoms with Crippen molar-refractivity contribution in [2.24, 2.45) is 0 Å². The molecule has 0 aliphatic rings. The molecular weight excluding hydrogens is 282 g/mol. The lowest BCUT2D eigenvalue weighted by Crippen LogP contribution is -2.40. The second-order valence-electron chi connectivity index (χ2n) is 4.83. The molecule has 6 nitrogen and oxygen atoms in total. The molecule has 0 aliphatic carbocycles. The number of carbonyl (C=O) groups excluding carboxylic acids is 1. The van der Waals surface area contributed by atoms with Gasteiger partial charge in [0.25, 0.3) is 5.91 Å². The van der Waals surface area contributed by atoms with Gasteiger partial charge < -0.3 is 10.4 Å². The molecule has 0 aliphatic heterocycles. The van der Waals surface area contributed by atoms with E-state index in [1.54, 1.807) is 6.07 Å². The van der Waals surface area contributed by atoms with Crippen molar-refractivity contribution >= 4 is 22.8 Å². The zero-order valence-corrected chi connectivity index (χ0v) is 11.8. The molecule has 2 rings (SSSR count). The van der Waals surface area contributed by atoms with Crippen LogP contribution in [0, 0.1) is 11.3 Å². The van der Waals surface area contributed by atoms with Gasteiger partial charge in [-0.2, -0.15) is 5.26 Å². The molecule has 0 radical (unpaired) electrons. The fourth-order valence-electron chi connectivity index (χ4n) is 2.08. The summed E-state index contributed by atoms with van der Waals surface area (Å²) in [6.45, 7) is 0. The molecule has 1 aromatic heterocycles. The van der Waals surface area contributed by atoms with Gasteiger partial charge in [-0.05, 0) is 25.0 Å². The van der Waals surface area contributed by atoms with Crippen molar-refractivity contribution in [3.05, 3.63) is 42.1 Å². The summed E-state index contributed by atoms with van der Waals surface area (Å²) in [7, 11) is 0. The predicted molar refractivity (Wildman–Crippen MR) is 80.1 cm³/mol. The lowest BCUT2D eigenvalue weighted by Gasteiger charge is -2.13. The number of fused-ring (bicyclic) bond motifs is 1. The van der Waals surface area contributed by atoms with Gasteiger partial charge in [-0.3, -0.25) is 9.78 Å². The van der Waals surface area contributed by atoms with Gasteiger partial charge in [0.2, 0.25) is 0 Å². The quantitative estimate of drug-likeness (QED) is 0.795. The Bertz CT molecular complexity index is 737. The molecule has 6 heteroatoms. The lowest BCUT2D eigenvalue weighted by atomic mass is 10.1. The van der Waals surface area contributed by atoms with Gasteiger partial charge in [0, 0.05) is 18.0 Å². The molecule has 1 heterocycles. The molecule has 22 heavy (non-hydrogen) atoms. The first-order chi connectivity index (χ1) is 10.6. The Morgan fingerprint density at radius 3 is 2.86 bits per heavy atom. The zero-order chi connectivity index (χ0) is 15.9. The highest BCUT2D eigenvalue weighted by molar-refractivity contribution is 5.99. The van der Waals surface area contributed by atoms with Crippen molar-refractivity contribution in [3.63, 3.8) is 0 Å². The van der Waals surface area contributed by atoms with E-state index in [1.165, 1.54) is 6.20 Å². The molecule has 0 saturated heterocycles. The van der Waals surface area contributed by atoms with Crippen molar-refractivity contribution in [1.29, 1.82) is 5.26 Å². The van der Waals surface area contributed by atoms with Crippen LogP contribution in [0.15, 0.2) is 36.5 Å². The van der Waals surface area contributed by atoms with Crippen LogP contribution in [-0.4, -0.2) is 28.0 Å². The topological polar surface area (TPSA) is 103 Å². The largest absolute Gasteiger partial charge is 0.480 e. The molecular formula is C16H15N3O3. The molecule has 1 amide bonds. The Kier molecular flexibility index (Phi) is 5.04. The van der Waals surface area contributed by atoms with Crippen LogP contribution >= 0.6 is 0 Å². The number of benzene rings is 1. The van der Waals surface area contributed by atoms with Crippen LogP contribution in [0.2, 0.25) is 0 Å². The van der Waals surface area contributed by atoms with Gasteiger partial charge in [-0.25, -0.2) is 4.79 Å². The number of hydrogen-bond acceptors (Lipinski definition) is 4. The van der Waals surface area contributed by atoms with E-state index in [0.29, 0.717) is 12.0 Å². The maximum Gasteiger partial charge on any atom is 0.326 e. The van der Waals surface area contributed by atoms with Crippen LogP contribution in [0.5, 0.6) is 0 Å². The minimum atomic E-state index is -1.11. The minimum absolute atomic E-state index is 0.218. The van der Waals surface area contributed by atoms with Gasteiger partial charge in [-0.15, -0.1) is 0 Å². The molecule has 0 saturated carbocycles. The number of unbranched alkanes of at least 4 members (excludes halogenated alkanes) is 1. The van der Waals surface area contributed by atoms with Gasteiger partial charge in [0.15, 0.2) is 0 Å². The van der Waals surface area contributed by atoms with Crippen molar-refractivity contribution in [3.8, 4) is 6.07 Å². The Balaban J connectivity index is 2.11. The van der Waals surface area contributed by atoms with Gasteiger partial charge in [0.05, 0.1) is 17.1 Å². The summed E-state index contributed by atoms with van der Waals surface area (Å²) in [5.74, 6) is -1.59. The van der Waals surface area contributed by atoms with E-state index in [0.717, 1.165) is 10.9 Å². The fraction of sp³-hybridized carbons (Fsp3) is 0.250. The van der Waals surface area contributed by atoms with Crippen LogP contribution in [-0.2, 0) is 4.79 Å². The van der Waals surface area contributed by atoms with Crippen LogP contribution in [0.3, 0.4) is 0 Å². The molecule has 0 fully saturated rings. The number of hydrogen-bond donors (Lipinski definition) is 2. The number of nitriles is 1. The standard InChI is InChI=1S/C16H15N3O3/c17-8-4-3-7-14(16(21)22)19-15(20)12-9-11-5-1-2-6-13(11)18-10-12/h1-2,5-6,9-10,14H,3-4,7H2,(H,19,20)(H,21,22)/t14-/m1/s1. The van der Waals surface area contributed by atoms with Crippen molar-refractivity contribution in [2.45, 2.75) is 25.3 Å². The summed E-state index contributed by atoms with van der Waals surface area (Å²) < 4.78 is 0. The number of pyridine rings is 1. The van der Waals surface area contributed by atoms with Crippen LogP contribution < -0.4 is 5.32 Å². The number of carboxylic acids is 1. The van der Waals surface area contributed by atoms with Gasteiger partial charge in [0.1, 0.15) is 6.04 Å². The van der Waals surface area contributed by atoms with Crippen molar-refractivity contribution in [1.82, 2.24) is 10.3 Å². The Morgan fingerprint density at radius 1 is 1.36 bits per heavy atom. The number of rotatable bonds is 6. The minimum Gasteiger partial charge on any atom is -0.480 e. The van der Waals surface area contributed by atoms with E-state index >= 15 is 0 Å². The highest BCUT2D eigenvalue weighted by atomic mass is 16.4. The number of carbonyl (C=O) groups is 2. The number of para-hydroxylation sites is 1. The molecule has 2 aromatic rings. The Hall–Kier alpha value is -2.94. The highest BCUT2D eigenvalue weighted by Gasteiger charge is 2.20. The van der Waals surface area contributed by atoms with Crippen molar-refractivity contribution in [2.75, 3.05) is 0 Å². The maximum atomic E-state index is 12.2. The van der Waals surface area contributed by atoms with Crippen molar-refractivity contribution < 1.29 is 14.7 Å². The second-order valence-corrected chi connectivity index (χ2v) is 4.83. The monoisotopic (exact) mass is 297 g/mol. The Morgan fingerprint density at radius 2 is 2.14 bits per heavy atom. The zero-order valence-electron chi connectivity index (χ0n) is 11.8. The number of amides is 1. The third-order valence-electron chi connectivity index (χ3n) is 3.24. The van der Waals surface area contributed by atoms with E-state index in [9.17, 15) is 9.59 Å². The van der Waals surface area contributed by atoms with E-state index in [1.807, 2.05) is 30.3 Å². The van der Waals surface area contributed by atoms with Crippen LogP contribution in [0.25, 0.3) is 10.9 Å². The normalized spacial score (nSPS) is 11.6. The molecule has 0 bridgehead atoms. The summed E-state index contributed by atoms with van der Waals surface area (Å²) >= 11 is 0. The molecule has 1 aromatic carbocycles. The smallest absolute Gasteiger partial charge is 0.326 e. The first-order valence-electron chi connectivity index (χ1n) is 6.87. The number of nitrogens with one attached hydrogen (secondary N) is 1. The van der Waals surface area contributed by atoms with Gasteiger partial charge >= 0.3 is 5.97 Å². The van der Waals surface area contributed by atoms with E-state index < -0.39 is 17.9 Å². The van der Waals surface area contributed by atoms with E-state index in [2.05, 4.69) is 10.3 Å². The summed E-state index contributed by atoms with van der Waals surface area (Å²) in [6.07, 6.45) is 2.32. The number of carboxylic acid groups (broad SMARTS) is 1. The molecule has 0 spiro atoms. The second kappa shape index (κ2) is 7.18. The van der Waals surface area contributed by atoms with E-state index in [4.69, 9.17) is 10.4 Å². The van der Waals surface area contributed by atoms with E-state index in [-0.39, 0.29) is 12.8 Å². The molecule has 112 valence electrons. The number of aromatic nitrogens is 1. The summed E-state index contributed by atoms with van der Waals surface area (Å²) in [5.41, 5.74) is 1.08. The van der Waals surface area contributed by atoms with Crippen LogP contribution in [0.4, 0.5) is 0 Å². The first-order valence-corrected chi connectivity index (χ1v) is 6.87. The lowest BCUT2D eigenvalue weighted by molar-refractivity contribution is -0.139. The highest BCUT2D eigenvalue weighted by Crippen LogP contribution is 2.13. The molecule has 0 unspecified atom stereocenters. The first kappa shape index (κ1) is 15.4. The predicted octanol–water partition coefficient (Wildman–Crippen LogP) is 2.11. The summed E-state index contributed by atoms with van der Waals surface area (Å²) in [6, 6.07) is 9.98. The van der Waals surface area contributed by atoms with Crippen LogP contribution in [0.1, 0.15) is 29.6 Å². The third kappa shape index (κ3) is 3.79. The summed E-state index contributed by atoms with van der Waals surface area (Å²) in [4.78, 5) is 27.5. The molecule has 2 N–H and O–H groups in total. The van der Waals surface area contributed by atoms with Gasteiger partial charge in [-0.1, -0.05) is 18.2 Å². The number of nitrogens with zero attached hydrogens (tertiary/aromatic N) is 2. The molecule has 1 atom stereocenters. The third-order valence-corrected chi connectivity index (χ3v) is 3.24.